The number of hydrogen-bond acceptors (Lipinski definition) is 5. The number of aliphatic hydroxyl groups is 1. The van der Waals surface area contributed by atoms with Gasteiger partial charge in [-0.25, -0.2) is 4.98 Å². The van der Waals surface area contributed by atoms with Crippen LogP contribution in [0.4, 0.5) is 5.95 Å². The van der Waals surface area contributed by atoms with Gasteiger partial charge in [0, 0.05) is 18.8 Å². The van der Waals surface area contributed by atoms with Crippen molar-refractivity contribution in [3.8, 4) is 5.88 Å². The van der Waals surface area contributed by atoms with Crippen molar-refractivity contribution in [2.45, 2.75) is 26.4 Å². The van der Waals surface area contributed by atoms with E-state index in [0.29, 0.717) is 18.4 Å². The van der Waals surface area contributed by atoms with E-state index in [-0.39, 0.29) is 5.92 Å². The number of nitrogens with zero attached hydrogens (tertiary/aromatic N) is 2. The number of aromatic nitrogens is 2. The number of anilines is 1. The van der Waals surface area contributed by atoms with Gasteiger partial charge in [-0.3, -0.25) is 0 Å². The highest BCUT2D eigenvalue weighted by Crippen LogP contribution is 2.16. The van der Waals surface area contributed by atoms with Gasteiger partial charge in [-0.05, 0) is 12.8 Å². The quantitative estimate of drug-likeness (QED) is 0.790. The monoisotopic (exact) mass is 225 g/mol. The van der Waals surface area contributed by atoms with Gasteiger partial charge in [-0.15, -0.1) is 0 Å². The highest BCUT2D eigenvalue weighted by Gasteiger charge is 2.24. The van der Waals surface area contributed by atoms with E-state index in [1.807, 2.05) is 13.8 Å². The molecule has 5 nitrogen and oxygen atoms in total. The Kier molecular flexibility index (Phi) is 4.06. The summed E-state index contributed by atoms with van der Waals surface area (Å²) in [6, 6.07) is 1.67. The fraction of sp³-hybridized carbons (Fsp3) is 0.636. The van der Waals surface area contributed by atoms with Crippen molar-refractivity contribution in [1.82, 2.24) is 9.97 Å². The first-order valence-corrected chi connectivity index (χ1v) is 5.29. The summed E-state index contributed by atoms with van der Waals surface area (Å²) in [7, 11) is 1.55. The molecule has 1 aromatic heterocycles. The fourth-order valence-electron chi connectivity index (χ4n) is 1.00. The number of hydrogen-bond donors (Lipinski definition) is 2. The van der Waals surface area contributed by atoms with Crippen LogP contribution >= 0.6 is 0 Å². The Morgan fingerprint density at radius 1 is 1.56 bits per heavy atom. The summed E-state index contributed by atoms with van der Waals surface area (Å²) in [5.74, 6) is 1.12. The minimum absolute atomic E-state index is 0.158. The molecule has 1 aromatic rings. The van der Waals surface area contributed by atoms with Crippen LogP contribution in [0.3, 0.4) is 0 Å². The highest BCUT2D eigenvalue weighted by atomic mass is 16.5. The Morgan fingerprint density at radius 2 is 2.25 bits per heavy atom. The predicted octanol–water partition coefficient (Wildman–Crippen LogP) is 1.30. The maximum Gasteiger partial charge on any atom is 0.226 e. The summed E-state index contributed by atoms with van der Waals surface area (Å²) in [5.41, 5.74) is -0.785. The zero-order valence-electron chi connectivity index (χ0n) is 10.2. The molecular weight excluding hydrogens is 206 g/mol. The molecule has 0 aliphatic carbocycles. The van der Waals surface area contributed by atoms with Crippen LogP contribution in [0.2, 0.25) is 0 Å². The van der Waals surface area contributed by atoms with Crippen LogP contribution in [0.5, 0.6) is 5.88 Å². The minimum Gasteiger partial charge on any atom is -0.481 e. The van der Waals surface area contributed by atoms with E-state index in [0.717, 1.165) is 0 Å². The molecule has 90 valence electrons. The first-order chi connectivity index (χ1) is 7.45. The highest BCUT2D eigenvalue weighted by molar-refractivity contribution is 5.27. The van der Waals surface area contributed by atoms with Gasteiger partial charge in [0.15, 0.2) is 0 Å². The molecule has 0 aromatic carbocycles. The number of rotatable bonds is 5. The molecule has 1 rings (SSSR count). The van der Waals surface area contributed by atoms with Crippen molar-refractivity contribution in [2.24, 2.45) is 5.92 Å². The molecule has 1 heterocycles. The summed E-state index contributed by atoms with van der Waals surface area (Å²) in [6.07, 6.45) is 1.61. The van der Waals surface area contributed by atoms with Gasteiger partial charge in [-0.1, -0.05) is 13.8 Å². The van der Waals surface area contributed by atoms with Crippen LogP contribution in [0, 0.1) is 5.92 Å². The van der Waals surface area contributed by atoms with Crippen molar-refractivity contribution in [2.75, 3.05) is 19.0 Å². The van der Waals surface area contributed by atoms with Crippen LogP contribution in [0.1, 0.15) is 20.8 Å². The molecule has 16 heavy (non-hydrogen) atoms. The zero-order valence-corrected chi connectivity index (χ0v) is 10.2. The molecule has 0 bridgehead atoms. The molecule has 0 radical (unpaired) electrons. The summed E-state index contributed by atoms with van der Waals surface area (Å²) in [6.45, 7) is 6.12. The lowest BCUT2D eigenvalue weighted by Crippen LogP contribution is -2.39. The molecule has 0 aliphatic heterocycles. The molecule has 1 atom stereocenters. The molecule has 0 spiro atoms. The summed E-state index contributed by atoms with van der Waals surface area (Å²) < 4.78 is 4.98. The molecule has 5 heteroatoms. The number of methoxy groups -OCH3 is 1. The fourth-order valence-corrected chi connectivity index (χ4v) is 1.00. The second-order valence-electron chi connectivity index (χ2n) is 4.29. The van der Waals surface area contributed by atoms with Crippen LogP contribution < -0.4 is 10.1 Å². The normalized spacial score (nSPS) is 14.6. The van der Waals surface area contributed by atoms with Crippen LogP contribution in [0.25, 0.3) is 0 Å². The Balaban J connectivity index is 2.60. The summed E-state index contributed by atoms with van der Waals surface area (Å²) in [5, 5.41) is 13.0. The third-order valence-electron chi connectivity index (χ3n) is 2.69. The minimum atomic E-state index is -0.785. The maximum atomic E-state index is 10.0. The standard InChI is InChI=1S/C11H19N3O2/c1-8(2)11(3,15)7-13-10-12-6-5-9(14-10)16-4/h5-6,8,15H,7H2,1-4H3,(H,12,13,14). The van der Waals surface area contributed by atoms with E-state index >= 15 is 0 Å². The third kappa shape index (κ3) is 3.34. The second-order valence-corrected chi connectivity index (χ2v) is 4.29. The molecule has 0 saturated carbocycles. The maximum absolute atomic E-state index is 10.0. The first-order valence-electron chi connectivity index (χ1n) is 5.29. The largest absolute Gasteiger partial charge is 0.481 e. The van der Waals surface area contributed by atoms with Crippen molar-refractivity contribution in [3.05, 3.63) is 12.3 Å². The van der Waals surface area contributed by atoms with Crippen LogP contribution in [-0.2, 0) is 0 Å². The van der Waals surface area contributed by atoms with E-state index in [2.05, 4.69) is 15.3 Å². The SMILES string of the molecule is COc1ccnc(NCC(C)(O)C(C)C)n1. The average molecular weight is 225 g/mol. The smallest absolute Gasteiger partial charge is 0.226 e. The van der Waals surface area contributed by atoms with Gasteiger partial charge in [0.05, 0.1) is 12.7 Å². The lowest BCUT2D eigenvalue weighted by molar-refractivity contribution is 0.0264. The van der Waals surface area contributed by atoms with E-state index in [4.69, 9.17) is 4.74 Å². The van der Waals surface area contributed by atoms with Crippen LogP contribution in [0.15, 0.2) is 12.3 Å². The van der Waals surface area contributed by atoms with Crippen molar-refractivity contribution in [3.63, 3.8) is 0 Å². The Hall–Kier alpha value is -1.36. The number of nitrogens with one attached hydrogen (secondary N) is 1. The Bertz CT molecular complexity index is 340. The van der Waals surface area contributed by atoms with E-state index in [9.17, 15) is 5.11 Å². The van der Waals surface area contributed by atoms with Gasteiger partial charge >= 0.3 is 0 Å². The van der Waals surface area contributed by atoms with E-state index < -0.39 is 5.60 Å². The average Bonchev–Trinajstić information content (AvgIpc) is 2.26. The molecule has 0 amide bonds. The van der Waals surface area contributed by atoms with Crippen LogP contribution in [-0.4, -0.2) is 34.3 Å². The van der Waals surface area contributed by atoms with E-state index in [1.54, 1.807) is 26.3 Å². The Morgan fingerprint density at radius 3 is 2.81 bits per heavy atom. The van der Waals surface area contributed by atoms with Gasteiger partial charge < -0.3 is 15.2 Å². The molecule has 2 N–H and O–H groups in total. The predicted molar refractivity (Wildman–Crippen MR) is 62.5 cm³/mol. The first kappa shape index (κ1) is 12.7. The molecule has 0 saturated heterocycles. The topological polar surface area (TPSA) is 67.3 Å². The van der Waals surface area contributed by atoms with Crippen molar-refractivity contribution < 1.29 is 9.84 Å². The van der Waals surface area contributed by atoms with Crippen molar-refractivity contribution >= 4 is 5.95 Å². The lowest BCUT2D eigenvalue weighted by Gasteiger charge is -2.27. The number of ether oxygens (including phenoxy) is 1. The molecule has 0 aliphatic rings. The van der Waals surface area contributed by atoms with Gasteiger partial charge in [0.2, 0.25) is 11.8 Å². The van der Waals surface area contributed by atoms with Crippen molar-refractivity contribution in [1.29, 1.82) is 0 Å². The molecular formula is C11H19N3O2. The van der Waals surface area contributed by atoms with Gasteiger partial charge in [0.25, 0.3) is 0 Å². The van der Waals surface area contributed by atoms with E-state index in [1.165, 1.54) is 0 Å². The van der Waals surface area contributed by atoms with Gasteiger partial charge in [0.1, 0.15) is 0 Å². The summed E-state index contributed by atoms with van der Waals surface area (Å²) >= 11 is 0. The Labute approximate surface area is 95.9 Å². The summed E-state index contributed by atoms with van der Waals surface area (Å²) in [4.78, 5) is 8.13. The zero-order chi connectivity index (χ0) is 12.2. The lowest BCUT2D eigenvalue weighted by atomic mass is 9.93. The molecule has 1 unspecified atom stereocenters. The third-order valence-corrected chi connectivity index (χ3v) is 2.69. The second kappa shape index (κ2) is 5.12. The molecule has 0 fully saturated rings. The van der Waals surface area contributed by atoms with Gasteiger partial charge in [-0.2, -0.15) is 4.98 Å².